The Bertz CT molecular complexity index is 867. The number of thioether (sulfide) groups is 1. The lowest BCUT2D eigenvalue weighted by molar-refractivity contribution is 0.107. The molecule has 2 fully saturated rings. The van der Waals surface area contributed by atoms with Gasteiger partial charge in [0.05, 0.1) is 5.69 Å². The number of nitrogens with one attached hydrogen (secondary N) is 1. The molecule has 2 aromatic rings. The van der Waals surface area contributed by atoms with Crippen molar-refractivity contribution in [3.63, 3.8) is 0 Å². The zero-order valence-electron chi connectivity index (χ0n) is 15.6. The molecule has 0 aromatic carbocycles. The maximum Gasteiger partial charge on any atom is 0.254 e. The van der Waals surface area contributed by atoms with E-state index in [2.05, 4.69) is 26.6 Å². The first-order valence-electron chi connectivity index (χ1n) is 10.1. The molecule has 0 bridgehead atoms. The van der Waals surface area contributed by atoms with Crippen molar-refractivity contribution in [2.75, 3.05) is 24.6 Å². The molecule has 4 heterocycles. The first kappa shape index (κ1) is 17.4. The highest BCUT2D eigenvalue weighted by Crippen LogP contribution is 2.45. The van der Waals surface area contributed by atoms with Crippen LogP contribution in [0.15, 0.2) is 29.3 Å². The van der Waals surface area contributed by atoms with Crippen LogP contribution in [0.4, 0.5) is 0 Å². The lowest BCUT2D eigenvalue weighted by Crippen LogP contribution is -2.47. The number of piperidine rings is 1. The Morgan fingerprint density at radius 2 is 2.00 bits per heavy atom. The van der Waals surface area contributed by atoms with Gasteiger partial charge in [0.1, 0.15) is 5.82 Å². The smallest absolute Gasteiger partial charge is 0.254 e. The fourth-order valence-electron chi connectivity index (χ4n) is 5.14. The number of hydrogen-bond acceptors (Lipinski definition) is 5. The van der Waals surface area contributed by atoms with Gasteiger partial charge in [0.15, 0.2) is 0 Å². The molecule has 3 aliphatic rings. The van der Waals surface area contributed by atoms with Crippen LogP contribution in [0.1, 0.15) is 43.4 Å². The third-order valence-electron chi connectivity index (χ3n) is 6.77. The van der Waals surface area contributed by atoms with Gasteiger partial charge in [-0.1, -0.05) is 0 Å². The van der Waals surface area contributed by atoms with Gasteiger partial charge in [-0.15, -0.1) is 0 Å². The highest BCUT2D eigenvalue weighted by atomic mass is 32.2. The van der Waals surface area contributed by atoms with E-state index in [0.717, 1.165) is 61.6 Å². The minimum atomic E-state index is 0.0439. The maximum absolute atomic E-state index is 12.7. The molecule has 2 aromatic heterocycles. The van der Waals surface area contributed by atoms with Gasteiger partial charge in [0.2, 0.25) is 0 Å². The highest BCUT2D eigenvalue weighted by molar-refractivity contribution is 7.99. The Labute approximate surface area is 164 Å². The van der Waals surface area contributed by atoms with E-state index in [0.29, 0.717) is 5.82 Å². The number of fused-ring (bicyclic) bond motifs is 2. The van der Waals surface area contributed by atoms with E-state index in [-0.39, 0.29) is 11.0 Å². The Balaban J connectivity index is 1.43. The SMILES string of the molecule is O=c1[nH]c(-c2cccnc2)nc2c1CCC21CCN(C2CCSCC2)CC1. The number of pyridine rings is 1. The Morgan fingerprint density at radius 1 is 1.19 bits per heavy atom. The summed E-state index contributed by atoms with van der Waals surface area (Å²) < 4.78 is 0. The third kappa shape index (κ3) is 3.13. The molecule has 5 rings (SSSR count). The van der Waals surface area contributed by atoms with Crippen molar-refractivity contribution >= 4 is 11.8 Å². The first-order chi connectivity index (χ1) is 13.3. The Hall–Kier alpha value is -1.66. The summed E-state index contributed by atoms with van der Waals surface area (Å²) >= 11 is 2.09. The van der Waals surface area contributed by atoms with Crippen molar-refractivity contribution in [2.24, 2.45) is 0 Å². The minimum Gasteiger partial charge on any atom is -0.306 e. The first-order valence-corrected chi connectivity index (χ1v) is 11.3. The third-order valence-corrected chi connectivity index (χ3v) is 7.82. The van der Waals surface area contributed by atoms with Crippen LogP contribution in [-0.2, 0) is 11.8 Å². The van der Waals surface area contributed by atoms with Crippen molar-refractivity contribution < 1.29 is 0 Å². The van der Waals surface area contributed by atoms with Crippen LogP contribution in [0.2, 0.25) is 0 Å². The van der Waals surface area contributed by atoms with Crippen LogP contribution in [0.3, 0.4) is 0 Å². The predicted octanol–water partition coefficient (Wildman–Crippen LogP) is 3.01. The van der Waals surface area contributed by atoms with Crippen LogP contribution >= 0.6 is 11.8 Å². The second-order valence-corrected chi connectivity index (χ2v) is 9.37. The summed E-state index contributed by atoms with van der Waals surface area (Å²) in [5.41, 5.74) is 3.02. The van der Waals surface area contributed by atoms with Crippen molar-refractivity contribution in [2.45, 2.75) is 50.0 Å². The molecule has 142 valence electrons. The molecule has 1 spiro atoms. The van der Waals surface area contributed by atoms with Crippen molar-refractivity contribution in [1.82, 2.24) is 19.9 Å². The number of likely N-dealkylation sites (tertiary alicyclic amines) is 1. The largest absolute Gasteiger partial charge is 0.306 e. The average Bonchev–Trinajstić information content (AvgIpc) is 3.08. The Morgan fingerprint density at radius 3 is 2.74 bits per heavy atom. The van der Waals surface area contributed by atoms with Gasteiger partial charge in [-0.05, 0) is 75.3 Å². The van der Waals surface area contributed by atoms with E-state index in [4.69, 9.17) is 4.98 Å². The maximum atomic E-state index is 12.7. The summed E-state index contributed by atoms with van der Waals surface area (Å²) in [5.74, 6) is 3.28. The fourth-order valence-corrected chi connectivity index (χ4v) is 6.23. The number of hydrogen-bond donors (Lipinski definition) is 1. The lowest BCUT2D eigenvalue weighted by atomic mass is 9.75. The Kier molecular flexibility index (Phi) is 4.56. The lowest BCUT2D eigenvalue weighted by Gasteiger charge is -2.43. The predicted molar refractivity (Wildman–Crippen MR) is 109 cm³/mol. The van der Waals surface area contributed by atoms with Crippen molar-refractivity contribution in [3.8, 4) is 11.4 Å². The molecule has 0 saturated carbocycles. The van der Waals surface area contributed by atoms with Crippen molar-refractivity contribution in [3.05, 3.63) is 46.1 Å². The zero-order valence-corrected chi connectivity index (χ0v) is 16.4. The van der Waals surface area contributed by atoms with Gasteiger partial charge in [-0.3, -0.25) is 9.78 Å². The van der Waals surface area contributed by atoms with Crippen molar-refractivity contribution in [1.29, 1.82) is 0 Å². The van der Waals surface area contributed by atoms with E-state index < -0.39 is 0 Å². The summed E-state index contributed by atoms with van der Waals surface area (Å²) in [6.45, 7) is 2.29. The molecule has 0 amide bonds. The molecular formula is C21H26N4OS. The normalized spacial score (nSPS) is 22.8. The number of aromatic amines is 1. The summed E-state index contributed by atoms with van der Waals surface area (Å²) in [5, 5.41) is 0. The topological polar surface area (TPSA) is 61.9 Å². The second-order valence-electron chi connectivity index (χ2n) is 8.14. The minimum absolute atomic E-state index is 0.0439. The number of nitrogens with zero attached hydrogens (tertiary/aromatic N) is 3. The molecule has 5 nitrogen and oxygen atoms in total. The quantitative estimate of drug-likeness (QED) is 0.865. The molecule has 27 heavy (non-hydrogen) atoms. The van der Waals surface area contributed by atoms with Crippen LogP contribution in [0.25, 0.3) is 11.4 Å². The molecule has 0 unspecified atom stereocenters. The molecule has 1 aliphatic carbocycles. The second kappa shape index (κ2) is 7.06. The highest BCUT2D eigenvalue weighted by Gasteiger charge is 2.44. The van der Waals surface area contributed by atoms with Gasteiger partial charge in [0, 0.05) is 35.0 Å². The molecule has 0 atom stereocenters. The number of H-pyrrole nitrogens is 1. The molecule has 0 radical (unpaired) electrons. The van der Waals surface area contributed by atoms with Crippen LogP contribution < -0.4 is 5.56 Å². The average molecular weight is 383 g/mol. The van der Waals surface area contributed by atoms with Gasteiger partial charge < -0.3 is 9.88 Å². The molecule has 6 heteroatoms. The summed E-state index contributed by atoms with van der Waals surface area (Å²) in [6.07, 6.45) is 10.4. The van der Waals surface area contributed by atoms with E-state index in [1.807, 2.05) is 12.1 Å². The number of rotatable bonds is 2. The van der Waals surface area contributed by atoms with Gasteiger partial charge in [-0.25, -0.2) is 4.98 Å². The van der Waals surface area contributed by atoms with E-state index in [1.165, 1.54) is 24.3 Å². The van der Waals surface area contributed by atoms with Crippen LogP contribution in [0, 0.1) is 0 Å². The summed E-state index contributed by atoms with van der Waals surface area (Å²) in [4.78, 5) is 27.6. The standard InChI is InChI=1S/C21H26N4OS/c26-20-17-3-6-21(7-10-25(11-8-21)16-4-12-27-13-5-16)18(17)23-19(24-20)15-2-1-9-22-14-15/h1-2,9,14,16H,3-8,10-13H2,(H,23,24,26). The number of aromatic nitrogens is 3. The van der Waals surface area contributed by atoms with E-state index in [9.17, 15) is 4.79 Å². The van der Waals surface area contributed by atoms with Crippen LogP contribution in [-0.4, -0.2) is 50.5 Å². The fraction of sp³-hybridized carbons (Fsp3) is 0.571. The zero-order chi connectivity index (χ0) is 18.3. The summed E-state index contributed by atoms with van der Waals surface area (Å²) in [6, 6.07) is 4.62. The molecule has 2 saturated heterocycles. The van der Waals surface area contributed by atoms with Gasteiger partial charge in [0.25, 0.3) is 5.56 Å². The van der Waals surface area contributed by atoms with Gasteiger partial charge >= 0.3 is 0 Å². The molecule has 1 N–H and O–H groups in total. The van der Waals surface area contributed by atoms with E-state index in [1.54, 1.807) is 12.4 Å². The monoisotopic (exact) mass is 382 g/mol. The van der Waals surface area contributed by atoms with E-state index >= 15 is 0 Å². The summed E-state index contributed by atoms with van der Waals surface area (Å²) in [7, 11) is 0. The van der Waals surface area contributed by atoms with Crippen LogP contribution in [0.5, 0.6) is 0 Å². The van der Waals surface area contributed by atoms with Gasteiger partial charge in [-0.2, -0.15) is 11.8 Å². The molecule has 2 aliphatic heterocycles. The molecular weight excluding hydrogens is 356 g/mol.